The van der Waals surface area contributed by atoms with E-state index < -0.39 is 11.7 Å². The number of hydrogen-bond donors (Lipinski definition) is 0. The maximum Gasteiger partial charge on any atom is 0.416 e. The number of nitrogens with zero attached hydrogens (tertiary/aromatic N) is 3. The molecule has 1 saturated carbocycles. The zero-order valence-electron chi connectivity index (χ0n) is 26.9. The minimum absolute atomic E-state index is 0.0124. The van der Waals surface area contributed by atoms with Crippen LogP contribution in [0.5, 0.6) is 0 Å². The van der Waals surface area contributed by atoms with Gasteiger partial charge in [0.2, 0.25) is 0 Å². The van der Waals surface area contributed by atoms with E-state index in [9.17, 15) is 13.2 Å². The van der Waals surface area contributed by atoms with E-state index in [1.807, 2.05) is 18.2 Å². The van der Waals surface area contributed by atoms with Gasteiger partial charge in [-0.05, 0) is 43.2 Å². The second-order valence-electron chi connectivity index (χ2n) is 12.7. The lowest BCUT2D eigenvalue weighted by atomic mass is 9.87. The molecule has 1 aromatic heterocycles. The molecule has 0 bridgehead atoms. The molecule has 240 valence electrons. The first-order valence-electron chi connectivity index (χ1n) is 17.0. The molecule has 0 saturated heterocycles. The number of alkyl halides is 3. The minimum atomic E-state index is -4.37. The van der Waals surface area contributed by atoms with Crippen LogP contribution in [-0.4, -0.2) is 21.0 Å². The molecule has 1 aliphatic rings. The van der Waals surface area contributed by atoms with Crippen LogP contribution in [0, 0.1) is 5.92 Å². The summed E-state index contributed by atoms with van der Waals surface area (Å²) in [6, 6.07) is 26.8. The maximum absolute atomic E-state index is 13.8. The van der Waals surface area contributed by atoms with E-state index >= 15 is 0 Å². The molecule has 0 amide bonds. The van der Waals surface area contributed by atoms with Crippen LogP contribution in [0.1, 0.15) is 101 Å². The van der Waals surface area contributed by atoms with Crippen molar-refractivity contribution in [3.63, 3.8) is 0 Å². The van der Waals surface area contributed by atoms with Gasteiger partial charge in [-0.2, -0.15) is 13.2 Å². The molecule has 4 aromatic rings. The van der Waals surface area contributed by atoms with E-state index in [4.69, 9.17) is 4.98 Å². The molecule has 1 aliphatic carbocycles. The summed E-state index contributed by atoms with van der Waals surface area (Å²) in [4.78, 5) is 7.92. The highest BCUT2D eigenvalue weighted by Gasteiger charge is 2.33. The first kappa shape index (κ1) is 33.0. The van der Waals surface area contributed by atoms with Gasteiger partial charge < -0.3 is 4.57 Å². The molecular formula is C39H48F3N3. The third-order valence-corrected chi connectivity index (χ3v) is 9.27. The topological polar surface area (TPSA) is 21.1 Å². The van der Waals surface area contributed by atoms with Crippen molar-refractivity contribution in [1.29, 1.82) is 0 Å². The van der Waals surface area contributed by atoms with Crippen LogP contribution >= 0.6 is 0 Å². The molecular weight excluding hydrogens is 567 g/mol. The summed E-state index contributed by atoms with van der Waals surface area (Å²) in [5.41, 5.74) is 4.49. The van der Waals surface area contributed by atoms with Crippen molar-refractivity contribution >= 4 is 0 Å². The Hall–Kier alpha value is -3.38. The van der Waals surface area contributed by atoms with Crippen molar-refractivity contribution in [1.82, 2.24) is 14.5 Å². The van der Waals surface area contributed by atoms with Crippen molar-refractivity contribution in [3.8, 4) is 22.6 Å². The van der Waals surface area contributed by atoms with Crippen molar-refractivity contribution in [3.05, 3.63) is 102 Å². The van der Waals surface area contributed by atoms with E-state index in [2.05, 4.69) is 71.8 Å². The zero-order chi connectivity index (χ0) is 31.6. The fraction of sp³-hybridized carbons (Fsp3) is 0.462. The highest BCUT2D eigenvalue weighted by atomic mass is 19.4. The van der Waals surface area contributed by atoms with Gasteiger partial charge in [0, 0.05) is 30.8 Å². The summed E-state index contributed by atoms with van der Waals surface area (Å²) >= 11 is 0. The fourth-order valence-electron chi connectivity index (χ4n) is 6.94. The average Bonchev–Trinajstić information content (AvgIpc) is 3.44. The van der Waals surface area contributed by atoms with Gasteiger partial charge in [0.05, 0.1) is 23.0 Å². The van der Waals surface area contributed by atoms with Crippen molar-refractivity contribution in [2.45, 2.75) is 103 Å². The van der Waals surface area contributed by atoms with E-state index in [1.165, 1.54) is 49.9 Å². The van der Waals surface area contributed by atoms with E-state index in [-0.39, 0.29) is 6.04 Å². The van der Waals surface area contributed by atoms with Crippen LogP contribution in [0.25, 0.3) is 22.6 Å². The highest BCUT2D eigenvalue weighted by molar-refractivity contribution is 5.69. The predicted octanol–water partition coefficient (Wildman–Crippen LogP) is 11.3. The Kier molecular flexibility index (Phi) is 11.6. The molecule has 5 rings (SSSR count). The van der Waals surface area contributed by atoms with Gasteiger partial charge >= 0.3 is 6.18 Å². The first-order chi connectivity index (χ1) is 21.9. The van der Waals surface area contributed by atoms with Gasteiger partial charge in [-0.1, -0.05) is 131 Å². The lowest BCUT2D eigenvalue weighted by Crippen LogP contribution is -2.35. The maximum atomic E-state index is 13.8. The van der Waals surface area contributed by atoms with Gasteiger partial charge in [-0.3, -0.25) is 4.90 Å². The smallest absolute Gasteiger partial charge is 0.326 e. The Morgan fingerprint density at radius 3 is 2.13 bits per heavy atom. The first-order valence-corrected chi connectivity index (χ1v) is 17.0. The predicted molar refractivity (Wildman–Crippen MR) is 179 cm³/mol. The van der Waals surface area contributed by atoms with Crippen LogP contribution in [0.4, 0.5) is 13.2 Å². The Bertz CT molecular complexity index is 1460. The Morgan fingerprint density at radius 2 is 1.49 bits per heavy atom. The highest BCUT2D eigenvalue weighted by Crippen LogP contribution is 2.40. The van der Waals surface area contributed by atoms with Gasteiger partial charge in [-0.15, -0.1) is 0 Å². The summed E-state index contributed by atoms with van der Waals surface area (Å²) in [5, 5.41) is 0. The molecule has 0 spiro atoms. The lowest BCUT2D eigenvalue weighted by Gasteiger charge is -2.37. The standard InChI is InChI=1S/C39H48F3N3/c1-3-5-25-35(44(28-30-17-10-7-11-18-30)29-31-19-16-24-34(27-31)39(40,41)42)37-36(32-20-12-8-13-21-32)43-38(45(37)26-6-4-2)33-22-14-9-15-23-33/h8-9,12-16,19-24,27,30,35H,3-7,10-11,17-18,25-26,28-29H2,1-2H3/t35-/m1/s1. The Labute approximate surface area is 267 Å². The van der Waals surface area contributed by atoms with Crippen LogP contribution in [0.2, 0.25) is 0 Å². The van der Waals surface area contributed by atoms with Crippen molar-refractivity contribution in [2.75, 3.05) is 6.54 Å². The quantitative estimate of drug-likeness (QED) is 0.141. The summed E-state index contributed by atoms with van der Waals surface area (Å²) in [6.45, 7) is 6.63. The van der Waals surface area contributed by atoms with Crippen LogP contribution < -0.4 is 0 Å². The monoisotopic (exact) mass is 615 g/mol. The SMILES string of the molecule is CCCC[C@H](c1c(-c2ccccc2)nc(-c2ccccc2)n1CCCC)N(Cc1cccc(C(F)(F)F)c1)CC1CCCCC1. The van der Waals surface area contributed by atoms with Gasteiger partial charge in [0.15, 0.2) is 0 Å². The van der Waals surface area contributed by atoms with Gasteiger partial charge in [0.25, 0.3) is 0 Å². The number of imidazole rings is 1. The molecule has 1 atom stereocenters. The van der Waals surface area contributed by atoms with E-state index in [1.54, 1.807) is 6.07 Å². The fourth-order valence-corrected chi connectivity index (χ4v) is 6.94. The minimum Gasteiger partial charge on any atom is -0.326 e. The Balaban J connectivity index is 1.69. The number of hydrogen-bond acceptors (Lipinski definition) is 2. The second-order valence-corrected chi connectivity index (χ2v) is 12.7. The largest absolute Gasteiger partial charge is 0.416 e. The molecule has 0 radical (unpaired) electrons. The second kappa shape index (κ2) is 15.8. The number of aromatic nitrogens is 2. The van der Waals surface area contributed by atoms with Crippen molar-refractivity contribution in [2.24, 2.45) is 5.92 Å². The number of rotatable bonds is 14. The van der Waals surface area contributed by atoms with Crippen LogP contribution in [0.3, 0.4) is 0 Å². The molecule has 1 heterocycles. The zero-order valence-corrected chi connectivity index (χ0v) is 26.9. The third-order valence-electron chi connectivity index (χ3n) is 9.27. The molecule has 0 N–H and O–H groups in total. The Morgan fingerprint density at radius 1 is 0.822 bits per heavy atom. The molecule has 6 heteroatoms. The molecule has 3 nitrogen and oxygen atoms in total. The number of benzene rings is 3. The van der Waals surface area contributed by atoms with Gasteiger partial charge in [-0.25, -0.2) is 4.98 Å². The molecule has 1 fully saturated rings. The lowest BCUT2D eigenvalue weighted by molar-refractivity contribution is -0.137. The average molecular weight is 616 g/mol. The van der Waals surface area contributed by atoms with Crippen molar-refractivity contribution < 1.29 is 13.2 Å². The number of halogens is 3. The molecule has 3 aromatic carbocycles. The normalized spacial score (nSPS) is 15.1. The summed E-state index contributed by atoms with van der Waals surface area (Å²) in [7, 11) is 0. The number of unbranched alkanes of at least 4 members (excludes halogenated alkanes) is 2. The molecule has 0 aliphatic heterocycles. The van der Waals surface area contributed by atoms with E-state index in [0.29, 0.717) is 18.0 Å². The van der Waals surface area contributed by atoms with Gasteiger partial charge in [0.1, 0.15) is 5.82 Å². The third kappa shape index (κ3) is 8.46. The summed E-state index contributed by atoms with van der Waals surface area (Å²) < 4.78 is 43.9. The van der Waals surface area contributed by atoms with Crippen LogP contribution in [-0.2, 0) is 19.3 Å². The summed E-state index contributed by atoms with van der Waals surface area (Å²) in [6.07, 6.45) is 6.79. The summed E-state index contributed by atoms with van der Waals surface area (Å²) in [5.74, 6) is 1.51. The molecule has 45 heavy (non-hydrogen) atoms. The van der Waals surface area contributed by atoms with E-state index in [0.717, 1.165) is 67.8 Å². The molecule has 0 unspecified atom stereocenters. The van der Waals surface area contributed by atoms with Crippen LogP contribution in [0.15, 0.2) is 84.9 Å².